The fraction of sp³-hybridized carbons (Fsp3) is 0.375. The topological polar surface area (TPSA) is 59.2 Å². The zero-order valence-corrected chi connectivity index (χ0v) is 17.6. The van der Waals surface area contributed by atoms with Crippen molar-refractivity contribution in [3.8, 4) is 11.4 Å². The van der Waals surface area contributed by atoms with E-state index in [0.29, 0.717) is 37.0 Å². The molecule has 5 heteroatoms. The minimum absolute atomic E-state index is 0.0121. The van der Waals surface area contributed by atoms with Crippen molar-refractivity contribution in [2.75, 3.05) is 6.54 Å². The van der Waals surface area contributed by atoms with Crippen LogP contribution in [0.4, 0.5) is 0 Å². The highest BCUT2D eigenvalue weighted by atomic mass is 16.5. The van der Waals surface area contributed by atoms with Gasteiger partial charge in [0.2, 0.25) is 17.6 Å². The molecule has 0 spiro atoms. The van der Waals surface area contributed by atoms with Crippen molar-refractivity contribution in [2.24, 2.45) is 5.92 Å². The molecule has 1 atom stereocenters. The molecular weight excluding hydrogens is 362 g/mol. The van der Waals surface area contributed by atoms with E-state index in [9.17, 15) is 4.79 Å². The average Bonchev–Trinajstić information content (AvgIpc) is 3.17. The van der Waals surface area contributed by atoms with E-state index in [4.69, 9.17) is 4.52 Å². The average molecular weight is 392 g/mol. The quantitative estimate of drug-likeness (QED) is 0.528. The molecule has 0 saturated heterocycles. The summed E-state index contributed by atoms with van der Waals surface area (Å²) in [6, 6.07) is 18.1. The van der Waals surface area contributed by atoms with Crippen LogP contribution in [0.15, 0.2) is 59.1 Å². The lowest BCUT2D eigenvalue weighted by Crippen LogP contribution is -2.36. The Hall–Kier alpha value is -2.95. The van der Waals surface area contributed by atoms with Crippen molar-refractivity contribution in [3.63, 3.8) is 0 Å². The minimum atomic E-state index is -0.0121. The highest BCUT2D eigenvalue weighted by Crippen LogP contribution is 2.23. The first kappa shape index (κ1) is 20.8. The van der Waals surface area contributed by atoms with Crippen LogP contribution in [-0.4, -0.2) is 27.5 Å². The van der Waals surface area contributed by atoms with Gasteiger partial charge in [-0.05, 0) is 25.3 Å². The van der Waals surface area contributed by atoms with Gasteiger partial charge in [0, 0.05) is 24.9 Å². The Morgan fingerprint density at radius 1 is 1.03 bits per heavy atom. The molecule has 1 amide bonds. The normalized spacial score (nSPS) is 12.2. The van der Waals surface area contributed by atoms with Crippen LogP contribution < -0.4 is 0 Å². The number of aromatic nitrogens is 2. The summed E-state index contributed by atoms with van der Waals surface area (Å²) in [5, 5.41) is 4.10. The van der Waals surface area contributed by atoms with Crippen molar-refractivity contribution in [3.05, 3.63) is 71.6 Å². The zero-order chi connectivity index (χ0) is 20.8. The van der Waals surface area contributed by atoms with Crippen molar-refractivity contribution < 1.29 is 9.32 Å². The molecule has 0 aliphatic carbocycles. The van der Waals surface area contributed by atoms with E-state index < -0.39 is 0 Å². The summed E-state index contributed by atoms with van der Waals surface area (Å²) < 4.78 is 5.45. The van der Waals surface area contributed by atoms with Gasteiger partial charge in [0.1, 0.15) is 0 Å². The molecule has 0 N–H and O–H groups in total. The van der Waals surface area contributed by atoms with E-state index in [1.807, 2.05) is 54.3 Å². The lowest BCUT2D eigenvalue weighted by Gasteiger charge is -2.30. The monoisotopic (exact) mass is 391 g/mol. The van der Waals surface area contributed by atoms with Crippen LogP contribution in [0.2, 0.25) is 0 Å². The van der Waals surface area contributed by atoms with Gasteiger partial charge in [-0.2, -0.15) is 4.98 Å². The second-order valence-corrected chi connectivity index (χ2v) is 7.90. The molecule has 5 nitrogen and oxygen atoms in total. The van der Waals surface area contributed by atoms with Crippen LogP contribution in [-0.2, 0) is 11.2 Å². The Kier molecular flexibility index (Phi) is 6.81. The minimum Gasteiger partial charge on any atom is -0.339 e. The van der Waals surface area contributed by atoms with Gasteiger partial charge >= 0.3 is 0 Å². The molecule has 29 heavy (non-hydrogen) atoms. The lowest BCUT2D eigenvalue weighted by atomic mass is 10.0. The summed E-state index contributed by atoms with van der Waals surface area (Å²) in [5.74, 6) is 1.58. The van der Waals surface area contributed by atoms with Gasteiger partial charge in [-0.25, -0.2) is 0 Å². The van der Waals surface area contributed by atoms with Gasteiger partial charge in [-0.1, -0.05) is 79.2 Å². The molecule has 0 fully saturated rings. The zero-order valence-electron chi connectivity index (χ0n) is 17.6. The maximum atomic E-state index is 12.9. The van der Waals surface area contributed by atoms with Gasteiger partial charge in [0.15, 0.2) is 0 Å². The highest BCUT2D eigenvalue weighted by Gasteiger charge is 2.23. The Morgan fingerprint density at radius 3 is 2.38 bits per heavy atom. The second kappa shape index (κ2) is 9.50. The first-order valence-electron chi connectivity index (χ1n) is 10.2. The van der Waals surface area contributed by atoms with Crippen molar-refractivity contribution >= 4 is 5.91 Å². The maximum absolute atomic E-state index is 12.9. The van der Waals surface area contributed by atoms with Crippen LogP contribution in [0.5, 0.6) is 0 Å². The summed E-state index contributed by atoms with van der Waals surface area (Å²) >= 11 is 0. The van der Waals surface area contributed by atoms with Gasteiger partial charge in [-0.3, -0.25) is 4.79 Å². The number of carbonyl (C=O) groups is 1. The van der Waals surface area contributed by atoms with Crippen LogP contribution in [0.3, 0.4) is 0 Å². The Labute approximate surface area is 172 Å². The second-order valence-electron chi connectivity index (χ2n) is 7.90. The molecule has 1 heterocycles. The third-order valence-corrected chi connectivity index (χ3v) is 5.00. The fourth-order valence-corrected chi connectivity index (χ4v) is 3.30. The molecule has 0 bridgehead atoms. The van der Waals surface area contributed by atoms with Crippen LogP contribution in [0.25, 0.3) is 11.4 Å². The molecule has 3 aromatic rings. The van der Waals surface area contributed by atoms with Crippen LogP contribution in [0.1, 0.15) is 50.3 Å². The number of benzene rings is 2. The van der Waals surface area contributed by atoms with E-state index >= 15 is 0 Å². The Bertz CT molecular complexity index is 917. The van der Waals surface area contributed by atoms with E-state index in [0.717, 1.165) is 11.1 Å². The van der Waals surface area contributed by atoms with E-state index in [-0.39, 0.29) is 11.9 Å². The third-order valence-electron chi connectivity index (χ3n) is 5.00. The molecule has 3 rings (SSSR count). The molecule has 0 unspecified atom stereocenters. The van der Waals surface area contributed by atoms with Crippen molar-refractivity contribution in [2.45, 2.75) is 46.6 Å². The largest absolute Gasteiger partial charge is 0.339 e. The maximum Gasteiger partial charge on any atom is 0.228 e. The number of hydrogen-bond acceptors (Lipinski definition) is 4. The number of amides is 1. The molecule has 0 aliphatic rings. The highest BCUT2D eigenvalue weighted by molar-refractivity contribution is 5.77. The number of rotatable bonds is 8. The number of hydrogen-bond donors (Lipinski definition) is 0. The molecule has 1 aromatic heterocycles. The van der Waals surface area contributed by atoms with Crippen molar-refractivity contribution in [1.82, 2.24) is 15.0 Å². The molecule has 0 aliphatic heterocycles. The summed E-state index contributed by atoms with van der Waals surface area (Å²) in [6.45, 7) is 8.78. The summed E-state index contributed by atoms with van der Waals surface area (Å²) in [7, 11) is 0. The van der Waals surface area contributed by atoms with E-state index in [2.05, 4.69) is 43.0 Å². The summed E-state index contributed by atoms with van der Waals surface area (Å²) in [6.07, 6.45) is 1.05. The molecule has 152 valence electrons. The standard InChI is InChI=1S/C24H29N3O2/c1-17(2)16-23(28)27(19(4)20-8-6-5-7-9-20)15-14-22-25-24(26-29-22)21-12-10-18(3)11-13-21/h5-13,17,19H,14-16H2,1-4H3/t19-/m0/s1. The van der Waals surface area contributed by atoms with Crippen LogP contribution in [0, 0.1) is 12.8 Å². The summed E-state index contributed by atoms with van der Waals surface area (Å²) in [5.41, 5.74) is 3.23. The number of aryl methyl sites for hydroxylation is 1. The third kappa shape index (κ3) is 5.53. The van der Waals surface area contributed by atoms with Crippen molar-refractivity contribution in [1.29, 1.82) is 0 Å². The van der Waals surface area contributed by atoms with E-state index in [1.165, 1.54) is 5.56 Å². The number of nitrogens with zero attached hydrogens (tertiary/aromatic N) is 3. The smallest absolute Gasteiger partial charge is 0.228 e. The van der Waals surface area contributed by atoms with E-state index in [1.54, 1.807) is 0 Å². The van der Waals surface area contributed by atoms with Gasteiger partial charge in [-0.15, -0.1) is 0 Å². The predicted octanol–water partition coefficient (Wildman–Crippen LogP) is 5.22. The molecular formula is C24H29N3O2. The Balaban J connectivity index is 1.73. The molecule has 2 aromatic carbocycles. The SMILES string of the molecule is Cc1ccc(-c2noc(CCN(C(=O)CC(C)C)[C@@H](C)c3ccccc3)n2)cc1. The molecule has 0 radical (unpaired) electrons. The van der Waals surface area contributed by atoms with Crippen LogP contribution >= 0.6 is 0 Å². The fourth-order valence-electron chi connectivity index (χ4n) is 3.30. The van der Waals surface area contributed by atoms with Gasteiger partial charge in [0.25, 0.3) is 0 Å². The first-order valence-corrected chi connectivity index (χ1v) is 10.2. The van der Waals surface area contributed by atoms with Gasteiger partial charge in [0.05, 0.1) is 6.04 Å². The Morgan fingerprint density at radius 2 is 1.72 bits per heavy atom. The first-order chi connectivity index (χ1) is 13.9. The predicted molar refractivity (Wildman–Crippen MR) is 114 cm³/mol. The molecule has 0 saturated carbocycles. The number of carbonyl (C=O) groups excluding carboxylic acids is 1. The van der Waals surface area contributed by atoms with Gasteiger partial charge < -0.3 is 9.42 Å². The lowest BCUT2D eigenvalue weighted by molar-refractivity contribution is -0.134. The summed E-state index contributed by atoms with van der Waals surface area (Å²) in [4.78, 5) is 19.3.